The number of benzene rings is 2. The van der Waals surface area contributed by atoms with E-state index in [9.17, 15) is 18.8 Å². The van der Waals surface area contributed by atoms with Crippen molar-refractivity contribution in [2.45, 2.75) is 18.2 Å². The fourth-order valence-electron chi connectivity index (χ4n) is 4.03. The third kappa shape index (κ3) is 4.51. The summed E-state index contributed by atoms with van der Waals surface area (Å²) in [5, 5.41) is 3.88. The molecule has 2 heterocycles. The van der Waals surface area contributed by atoms with Gasteiger partial charge in [-0.2, -0.15) is 0 Å². The summed E-state index contributed by atoms with van der Waals surface area (Å²) in [7, 11) is 4.39. The first kappa shape index (κ1) is 24.4. The smallest absolute Gasteiger partial charge is 0.332 e. The van der Waals surface area contributed by atoms with E-state index >= 15 is 0 Å². The SMILES string of the molecule is COc1cc(NC(=O)CN2C(=O)N(c3ccc(F)c(C)c3)C(=O)C3SC=CC32)cc(OC)c1OC. The molecule has 4 amide bonds. The summed E-state index contributed by atoms with van der Waals surface area (Å²) in [5.74, 6) is -0.255. The molecule has 184 valence electrons. The van der Waals surface area contributed by atoms with Gasteiger partial charge < -0.3 is 24.4 Å². The third-order valence-electron chi connectivity index (χ3n) is 5.73. The average Bonchev–Trinajstić information content (AvgIpc) is 3.33. The lowest BCUT2D eigenvalue weighted by molar-refractivity contribution is -0.121. The molecule has 2 atom stereocenters. The summed E-state index contributed by atoms with van der Waals surface area (Å²) in [6, 6.07) is 5.92. The number of hydrogen-bond donors (Lipinski definition) is 1. The maximum atomic E-state index is 13.8. The van der Waals surface area contributed by atoms with Gasteiger partial charge in [-0.15, -0.1) is 11.8 Å². The van der Waals surface area contributed by atoms with E-state index in [1.165, 1.54) is 56.2 Å². The van der Waals surface area contributed by atoms with Gasteiger partial charge in [0, 0.05) is 17.8 Å². The second kappa shape index (κ2) is 9.87. The molecular weight excluding hydrogens is 477 g/mol. The van der Waals surface area contributed by atoms with E-state index in [1.54, 1.807) is 30.5 Å². The van der Waals surface area contributed by atoms with Gasteiger partial charge >= 0.3 is 6.03 Å². The van der Waals surface area contributed by atoms with Crippen molar-refractivity contribution in [3.8, 4) is 17.2 Å². The molecule has 0 aliphatic carbocycles. The van der Waals surface area contributed by atoms with Crippen LogP contribution in [0.25, 0.3) is 0 Å². The number of nitrogens with one attached hydrogen (secondary N) is 1. The number of amides is 4. The molecule has 0 aromatic heterocycles. The number of anilines is 2. The van der Waals surface area contributed by atoms with Gasteiger partial charge in [-0.05, 0) is 36.1 Å². The summed E-state index contributed by atoms with van der Waals surface area (Å²) in [6.07, 6.45) is 1.73. The molecule has 0 spiro atoms. The second-order valence-corrected chi connectivity index (χ2v) is 8.91. The van der Waals surface area contributed by atoms with Crippen molar-refractivity contribution in [3.63, 3.8) is 0 Å². The van der Waals surface area contributed by atoms with Gasteiger partial charge in [0.25, 0.3) is 5.91 Å². The quantitative estimate of drug-likeness (QED) is 0.620. The van der Waals surface area contributed by atoms with Gasteiger partial charge in [-0.25, -0.2) is 14.1 Å². The van der Waals surface area contributed by atoms with Crippen LogP contribution in [0.3, 0.4) is 0 Å². The minimum Gasteiger partial charge on any atom is -0.493 e. The first-order valence-electron chi connectivity index (χ1n) is 10.6. The highest BCUT2D eigenvalue weighted by Crippen LogP contribution is 2.40. The van der Waals surface area contributed by atoms with E-state index in [-0.39, 0.29) is 12.2 Å². The van der Waals surface area contributed by atoms with Crippen LogP contribution in [-0.2, 0) is 9.59 Å². The van der Waals surface area contributed by atoms with E-state index in [2.05, 4.69) is 5.32 Å². The molecular formula is C24H24FN3O6S. The topological polar surface area (TPSA) is 97.4 Å². The van der Waals surface area contributed by atoms with Crippen LogP contribution in [-0.4, -0.2) is 61.9 Å². The lowest BCUT2D eigenvalue weighted by Crippen LogP contribution is -2.63. The average molecular weight is 502 g/mol. The van der Waals surface area contributed by atoms with E-state index < -0.39 is 35.0 Å². The van der Waals surface area contributed by atoms with Crippen molar-refractivity contribution in [3.05, 3.63) is 53.2 Å². The molecule has 0 saturated carbocycles. The van der Waals surface area contributed by atoms with Crippen LogP contribution in [0.5, 0.6) is 17.2 Å². The number of imide groups is 1. The number of carbonyl (C=O) groups excluding carboxylic acids is 3. The number of hydrogen-bond acceptors (Lipinski definition) is 7. The Morgan fingerprint density at radius 2 is 1.77 bits per heavy atom. The van der Waals surface area contributed by atoms with E-state index in [4.69, 9.17) is 14.2 Å². The summed E-state index contributed by atoms with van der Waals surface area (Å²) < 4.78 is 29.7. The maximum absolute atomic E-state index is 13.8. The zero-order chi connectivity index (χ0) is 25.3. The van der Waals surface area contributed by atoms with Gasteiger partial charge in [-0.3, -0.25) is 9.59 Å². The molecule has 9 nitrogen and oxygen atoms in total. The Morgan fingerprint density at radius 3 is 2.37 bits per heavy atom. The normalized spacial score (nSPS) is 19.0. The second-order valence-electron chi connectivity index (χ2n) is 7.86. The van der Waals surface area contributed by atoms with Crippen LogP contribution in [0.1, 0.15) is 5.56 Å². The highest BCUT2D eigenvalue weighted by molar-refractivity contribution is 8.03. The first-order valence-corrected chi connectivity index (χ1v) is 11.6. The van der Waals surface area contributed by atoms with Crippen molar-refractivity contribution in [2.75, 3.05) is 38.1 Å². The molecule has 35 heavy (non-hydrogen) atoms. The number of thioether (sulfide) groups is 1. The molecule has 11 heteroatoms. The number of carbonyl (C=O) groups is 3. The summed E-state index contributed by atoms with van der Waals surface area (Å²) in [4.78, 5) is 41.8. The van der Waals surface area contributed by atoms with E-state index in [0.29, 0.717) is 28.5 Å². The van der Waals surface area contributed by atoms with Crippen molar-refractivity contribution in [1.29, 1.82) is 0 Å². The maximum Gasteiger partial charge on any atom is 0.332 e. The van der Waals surface area contributed by atoms with Crippen LogP contribution in [0.15, 0.2) is 41.8 Å². The summed E-state index contributed by atoms with van der Waals surface area (Å²) >= 11 is 1.27. The number of halogens is 1. The molecule has 1 N–H and O–H groups in total. The third-order valence-corrected chi connectivity index (χ3v) is 6.82. The minimum absolute atomic E-state index is 0.250. The lowest BCUT2D eigenvalue weighted by atomic mass is 10.1. The van der Waals surface area contributed by atoms with E-state index in [0.717, 1.165) is 4.90 Å². The fraction of sp³-hybridized carbons (Fsp3) is 0.292. The Hall–Kier alpha value is -3.73. The molecule has 1 saturated heterocycles. The fourth-order valence-corrected chi connectivity index (χ4v) is 5.07. The number of rotatable bonds is 7. The Morgan fingerprint density at radius 1 is 1.09 bits per heavy atom. The van der Waals surface area contributed by atoms with Crippen LogP contribution in [0, 0.1) is 12.7 Å². The monoisotopic (exact) mass is 501 g/mol. The first-order chi connectivity index (χ1) is 16.8. The molecule has 2 aliphatic heterocycles. The van der Waals surface area contributed by atoms with Gasteiger partial charge in [0.1, 0.15) is 17.6 Å². The Bertz CT molecular complexity index is 1190. The van der Waals surface area contributed by atoms with Crippen LogP contribution < -0.4 is 24.4 Å². The van der Waals surface area contributed by atoms with Gasteiger partial charge in [0.15, 0.2) is 11.5 Å². The number of urea groups is 1. The Labute approximate surface area is 205 Å². The zero-order valence-corrected chi connectivity index (χ0v) is 20.3. The predicted octanol–water partition coefficient (Wildman–Crippen LogP) is 3.56. The Balaban J connectivity index is 1.59. The van der Waals surface area contributed by atoms with Crippen molar-refractivity contribution >= 4 is 41.0 Å². The van der Waals surface area contributed by atoms with Gasteiger partial charge in [-0.1, -0.05) is 6.08 Å². The number of fused-ring (bicyclic) bond motifs is 1. The molecule has 1 fully saturated rings. The number of nitrogens with zero attached hydrogens (tertiary/aromatic N) is 2. The van der Waals surface area contributed by atoms with Gasteiger partial charge in [0.05, 0.1) is 33.1 Å². The minimum atomic E-state index is -0.658. The summed E-state index contributed by atoms with van der Waals surface area (Å²) in [6.45, 7) is 1.24. The molecule has 2 aliphatic rings. The number of aryl methyl sites for hydroxylation is 1. The molecule has 4 rings (SSSR count). The standard InChI is InChI=1S/C24H24FN3O6S/c1-13-9-15(5-6-16(13)25)28-23(30)22-17(7-8-35-22)27(24(28)31)12-20(29)26-14-10-18(32-2)21(34-4)19(11-14)33-3/h5-11,17,22H,12H2,1-4H3,(H,26,29). The summed E-state index contributed by atoms with van der Waals surface area (Å²) in [5.41, 5.74) is 0.929. The van der Waals surface area contributed by atoms with E-state index in [1.807, 2.05) is 0 Å². The van der Waals surface area contributed by atoms with Crippen LogP contribution in [0.2, 0.25) is 0 Å². The number of methoxy groups -OCH3 is 3. The molecule has 2 aromatic rings. The van der Waals surface area contributed by atoms with Crippen molar-refractivity contribution < 1.29 is 33.0 Å². The van der Waals surface area contributed by atoms with Crippen molar-refractivity contribution in [1.82, 2.24) is 4.90 Å². The molecule has 2 aromatic carbocycles. The molecule has 2 unspecified atom stereocenters. The van der Waals surface area contributed by atoms with Gasteiger partial charge in [0.2, 0.25) is 11.7 Å². The molecule has 0 bridgehead atoms. The van der Waals surface area contributed by atoms with Crippen LogP contribution in [0.4, 0.5) is 20.6 Å². The highest BCUT2D eigenvalue weighted by atomic mass is 32.2. The lowest BCUT2D eigenvalue weighted by Gasteiger charge is -2.40. The molecule has 0 radical (unpaired) electrons. The largest absolute Gasteiger partial charge is 0.493 e. The highest BCUT2D eigenvalue weighted by Gasteiger charge is 2.48. The zero-order valence-electron chi connectivity index (χ0n) is 19.5. The number of ether oxygens (including phenoxy) is 3. The van der Waals surface area contributed by atoms with Crippen LogP contribution >= 0.6 is 11.8 Å². The predicted molar refractivity (Wildman–Crippen MR) is 130 cm³/mol. The van der Waals surface area contributed by atoms with Crippen molar-refractivity contribution in [2.24, 2.45) is 0 Å². The Kier molecular flexibility index (Phi) is 6.88.